The van der Waals surface area contributed by atoms with Crippen molar-refractivity contribution >= 4 is 5.97 Å². The molecule has 0 aliphatic rings. The first-order valence-corrected chi connectivity index (χ1v) is 8.25. The summed E-state index contributed by atoms with van der Waals surface area (Å²) in [5, 5.41) is 9.03. The fraction of sp³-hybridized carbons (Fsp3) is 0.300. The molecule has 0 fully saturated rings. The summed E-state index contributed by atoms with van der Waals surface area (Å²) in [7, 11) is 0. The molecule has 0 amide bonds. The van der Waals surface area contributed by atoms with Crippen LogP contribution in [-0.4, -0.2) is 12.6 Å². The number of carbonyl (C=O) groups is 1. The number of hydrogen-bond acceptors (Lipinski definition) is 4. The van der Waals surface area contributed by atoms with Crippen LogP contribution in [0.1, 0.15) is 42.5 Å². The molecule has 4 nitrogen and oxygen atoms in total. The molecule has 0 unspecified atom stereocenters. The number of esters is 1. The fourth-order valence-electron chi connectivity index (χ4n) is 2.47. The Kier molecular flexibility index (Phi) is 6.67. The van der Waals surface area contributed by atoms with E-state index >= 15 is 0 Å². The number of ether oxygens (including phenoxy) is 2. The SMILES string of the molecule is CCOC(=O)Cc1ccc(CC)c(Oc2cc(C#N)cc(C(F)F)c2)c1. The molecule has 0 aliphatic carbocycles. The highest BCUT2D eigenvalue weighted by Gasteiger charge is 2.13. The predicted octanol–water partition coefficient (Wildman–Crippen LogP) is 4.96. The summed E-state index contributed by atoms with van der Waals surface area (Å²) in [4.78, 5) is 11.7. The Labute approximate surface area is 151 Å². The van der Waals surface area contributed by atoms with Crippen molar-refractivity contribution in [3.8, 4) is 17.6 Å². The van der Waals surface area contributed by atoms with Crippen LogP contribution in [0.5, 0.6) is 11.5 Å². The number of halogens is 2. The summed E-state index contributed by atoms with van der Waals surface area (Å²) in [5.74, 6) is 0.265. The van der Waals surface area contributed by atoms with Crippen molar-refractivity contribution in [1.29, 1.82) is 5.26 Å². The van der Waals surface area contributed by atoms with E-state index in [9.17, 15) is 13.6 Å². The van der Waals surface area contributed by atoms with Crippen LogP contribution >= 0.6 is 0 Å². The van der Waals surface area contributed by atoms with E-state index < -0.39 is 6.43 Å². The molecule has 0 atom stereocenters. The number of rotatable bonds is 7. The van der Waals surface area contributed by atoms with Crippen LogP contribution < -0.4 is 4.74 Å². The molecule has 136 valence electrons. The number of nitrogens with zero attached hydrogens (tertiary/aromatic N) is 1. The maximum atomic E-state index is 13.0. The van der Waals surface area contributed by atoms with Gasteiger partial charge in [-0.15, -0.1) is 0 Å². The van der Waals surface area contributed by atoms with Crippen molar-refractivity contribution in [2.75, 3.05) is 6.61 Å². The van der Waals surface area contributed by atoms with E-state index in [-0.39, 0.29) is 29.3 Å². The highest BCUT2D eigenvalue weighted by Crippen LogP contribution is 2.31. The number of hydrogen-bond donors (Lipinski definition) is 0. The lowest BCUT2D eigenvalue weighted by atomic mass is 10.1. The average Bonchev–Trinajstić information content (AvgIpc) is 2.61. The van der Waals surface area contributed by atoms with Gasteiger partial charge in [-0.25, -0.2) is 8.78 Å². The molecule has 0 radical (unpaired) electrons. The molecule has 2 aromatic rings. The van der Waals surface area contributed by atoms with Crippen LogP contribution in [0.4, 0.5) is 8.78 Å². The van der Waals surface area contributed by atoms with Gasteiger partial charge in [-0.2, -0.15) is 5.26 Å². The van der Waals surface area contributed by atoms with Crippen LogP contribution in [0.3, 0.4) is 0 Å². The molecule has 0 aliphatic heterocycles. The topological polar surface area (TPSA) is 59.3 Å². The minimum Gasteiger partial charge on any atom is -0.466 e. The van der Waals surface area contributed by atoms with Gasteiger partial charge < -0.3 is 9.47 Å². The van der Waals surface area contributed by atoms with Crippen molar-refractivity contribution in [3.05, 3.63) is 58.7 Å². The first-order chi connectivity index (χ1) is 12.5. The molecule has 0 bridgehead atoms. The lowest BCUT2D eigenvalue weighted by Crippen LogP contribution is -2.07. The maximum absolute atomic E-state index is 13.0. The number of aryl methyl sites for hydroxylation is 1. The summed E-state index contributed by atoms with van der Waals surface area (Å²) >= 11 is 0. The van der Waals surface area contributed by atoms with Gasteiger partial charge in [-0.05, 0) is 48.7 Å². The molecule has 2 rings (SSSR count). The molecule has 26 heavy (non-hydrogen) atoms. The third-order valence-electron chi connectivity index (χ3n) is 3.70. The van der Waals surface area contributed by atoms with Gasteiger partial charge in [0, 0.05) is 5.56 Å². The third-order valence-corrected chi connectivity index (χ3v) is 3.70. The molecular weight excluding hydrogens is 340 g/mol. The van der Waals surface area contributed by atoms with E-state index in [1.54, 1.807) is 19.1 Å². The number of carbonyl (C=O) groups excluding carboxylic acids is 1. The molecule has 2 aromatic carbocycles. The zero-order chi connectivity index (χ0) is 19.1. The van der Waals surface area contributed by atoms with Crippen LogP contribution in [0.25, 0.3) is 0 Å². The summed E-state index contributed by atoms with van der Waals surface area (Å²) in [6.07, 6.45) is -1.95. The monoisotopic (exact) mass is 359 g/mol. The smallest absolute Gasteiger partial charge is 0.310 e. The van der Waals surface area contributed by atoms with Crippen LogP contribution in [0, 0.1) is 11.3 Å². The minimum atomic E-state index is -2.70. The zero-order valence-electron chi connectivity index (χ0n) is 14.6. The Morgan fingerprint density at radius 2 is 1.96 bits per heavy atom. The Bertz CT molecular complexity index is 828. The predicted molar refractivity (Wildman–Crippen MR) is 92.3 cm³/mol. The Morgan fingerprint density at radius 1 is 1.19 bits per heavy atom. The zero-order valence-corrected chi connectivity index (χ0v) is 14.6. The number of benzene rings is 2. The summed E-state index contributed by atoms with van der Waals surface area (Å²) in [5.41, 5.74) is 1.37. The van der Waals surface area contributed by atoms with Gasteiger partial charge in [0.15, 0.2) is 0 Å². The van der Waals surface area contributed by atoms with Gasteiger partial charge in [0.2, 0.25) is 0 Å². The van der Waals surface area contributed by atoms with Crippen molar-refractivity contribution < 1.29 is 23.0 Å². The van der Waals surface area contributed by atoms with E-state index in [0.717, 1.165) is 11.6 Å². The summed E-state index contributed by atoms with van der Waals surface area (Å²) in [6.45, 7) is 3.96. The normalized spacial score (nSPS) is 10.5. The molecule has 0 spiro atoms. The van der Waals surface area contributed by atoms with Gasteiger partial charge in [0.25, 0.3) is 6.43 Å². The third kappa shape index (κ3) is 5.03. The van der Waals surface area contributed by atoms with Crippen molar-refractivity contribution in [1.82, 2.24) is 0 Å². The lowest BCUT2D eigenvalue weighted by Gasteiger charge is -2.13. The van der Waals surface area contributed by atoms with Crippen molar-refractivity contribution in [3.63, 3.8) is 0 Å². The van der Waals surface area contributed by atoms with Gasteiger partial charge >= 0.3 is 5.97 Å². The maximum Gasteiger partial charge on any atom is 0.310 e. The number of nitriles is 1. The average molecular weight is 359 g/mol. The van der Waals surface area contributed by atoms with Crippen molar-refractivity contribution in [2.45, 2.75) is 33.1 Å². The van der Waals surface area contributed by atoms with Gasteiger partial charge in [0.05, 0.1) is 24.7 Å². The minimum absolute atomic E-state index is 0.0920. The first kappa shape index (κ1) is 19.4. The highest BCUT2D eigenvalue weighted by atomic mass is 19.3. The second-order valence-corrected chi connectivity index (χ2v) is 5.58. The van der Waals surface area contributed by atoms with Crippen molar-refractivity contribution in [2.24, 2.45) is 0 Å². The second-order valence-electron chi connectivity index (χ2n) is 5.58. The fourth-order valence-corrected chi connectivity index (χ4v) is 2.47. The van der Waals surface area contributed by atoms with Crippen LogP contribution in [0.15, 0.2) is 36.4 Å². The van der Waals surface area contributed by atoms with Gasteiger partial charge in [-0.3, -0.25) is 4.79 Å². The van der Waals surface area contributed by atoms with E-state index in [1.807, 2.05) is 19.1 Å². The molecule has 0 aromatic heterocycles. The lowest BCUT2D eigenvalue weighted by molar-refractivity contribution is -0.142. The van der Waals surface area contributed by atoms with Gasteiger partial charge in [0.1, 0.15) is 11.5 Å². The van der Waals surface area contributed by atoms with Gasteiger partial charge in [-0.1, -0.05) is 19.1 Å². The summed E-state index contributed by atoms with van der Waals surface area (Å²) < 4.78 is 36.7. The molecule has 0 saturated carbocycles. The largest absolute Gasteiger partial charge is 0.466 e. The summed E-state index contributed by atoms with van der Waals surface area (Å²) in [6, 6.07) is 10.9. The molecule has 6 heteroatoms. The van der Waals surface area contributed by atoms with E-state index in [0.29, 0.717) is 24.3 Å². The highest BCUT2D eigenvalue weighted by molar-refractivity contribution is 5.72. The molecular formula is C20H19F2NO3. The Hall–Kier alpha value is -2.94. The van der Waals surface area contributed by atoms with E-state index in [2.05, 4.69) is 0 Å². The molecule has 0 N–H and O–H groups in total. The van der Waals surface area contributed by atoms with Crippen LogP contribution in [0.2, 0.25) is 0 Å². The Balaban J connectivity index is 2.34. The quantitative estimate of drug-likeness (QED) is 0.656. The molecule has 0 heterocycles. The number of alkyl halides is 2. The van der Waals surface area contributed by atoms with Crippen LogP contribution in [-0.2, 0) is 22.4 Å². The Morgan fingerprint density at radius 3 is 2.58 bits per heavy atom. The van der Waals surface area contributed by atoms with E-state index in [1.165, 1.54) is 12.1 Å². The second kappa shape index (κ2) is 8.95. The first-order valence-electron chi connectivity index (χ1n) is 8.25. The standard InChI is InChI=1S/C20H19F2NO3/c1-3-15-6-5-13(10-19(24)25-4-2)9-18(15)26-17-8-14(12-23)7-16(11-17)20(21)22/h5-9,11,20H,3-4,10H2,1-2H3. The van der Waals surface area contributed by atoms with E-state index in [4.69, 9.17) is 14.7 Å². The molecule has 0 saturated heterocycles.